The van der Waals surface area contributed by atoms with Crippen molar-refractivity contribution in [2.45, 2.75) is 52.5 Å². The van der Waals surface area contributed by atoms with Gasteiger partial charge in [0.05, 0.1) is 6.42 Å². The Kier molecular flexibility index (Phi) is 4.75. The first-order chi connectivity index (χ1) is 9.22. The molecule has 1 atom stereocenters. The minimum Gasteiger partial charge on any atom is -0.335 e. The van der Waals surface area contributed by atoms with Crippen LogP contribution in [0.25, 0.3) is 0 Å². The lowest BCUT2D eigenvalue weighted by Crippen LogP contribution is -2.46. The van der Waals surface area contributed by atoms with Crippen LogP contribution in [0.1, 0.15) is 45.4 Å². The van der Waals surface area contributed by atoms with Crippen LogP contribution in [0.15, 0.2) is 12.4 Å². The number of aromatic nitrogens is 2. The second-order valence-corrected chi connectivity index (χ2v) is 5.55. The first kappa shape index (κ1) is 14.3. The maximum Gasteiger partial charge on any atom is 0.147 e. The van der Waals surface area contributed by atoms with E-state index in [2.05, 4.69) is 28.7 Å². The van der Waals surface area contributed by atoms with Gasteiger partial charge in [-0.05, 0) is 32.2 Å². The van der Waals surface area contributed by atoms with Gasteiger partial charge in [-0.3, -0.25) is 4.79 Å². The minimum atomic E-state index is -0.165. The Bertz CT molecular complexity index is 419. The molecule has 0 aromatic carbocycles. The van der Waals surface area contributed by atoms with Crippen molar-refractivity contribution < 1.29 is 4.79 Å². The molecule has 0 saturated carbocycles. The Morgan fingerprint density at radius 2 is 2.37 bits per heavy atom. The summed E-state index contributed by atoms with van der Waals surface area (Å²) >= 11 is 0. The van der Waals surface area contributed by atoms with E-state index in [4.69, 9.17) is 0 Å². The average Bonchev–Trinajstić information content (AvgIpc) is 2.87. The van der Waals surface area contributed by atoms with E-state index in [-0.39, 0.29) is 5.41 Å². The van der Waals surface area contributed by atoms with Crippen molar-refractivity contribution in [2.24, 2.45) is 5.41 Å². The van der Waals surface area contributed by atoms with Crippen molar-refractivity contribution in [3.8, 4) is 0 Å². The summed E-state index contributed by atoms with van der Waals surface area (Å²) in [4.78, 5) is 17.0. The Hall–Kier alpha value is -1.16. The molecule has 1 N–H and O–H groups in total. The fourth-order valence-electron chi connectivity index (χ4n) is 2.99. The molecule has 1 aromatic heterocycles. The lowest BCUT2D eigenvalue weighted by molar-refractivity contribution is -0.129. The lowest BCUT2D eigenvalue weighted by atomic mass is 9.74. The highest BCUT2D eigenvalue weighted by Gasteiger charge is 2.37. The van der Waals surface area contributed by atoms with Crippen LogP contribution in [-0.4, -0.2) is 28.4 Å². The molecule has 0 amide bonds. The number of rotatable bonds is 6. The van der Waals surface area contributed by atoms with Gasteiger partial charge in [-0.1, -0.05) is 13.8 Å². The molecule has 19 heavy (non-hydrogen) atoms. The zero-order valence-electron chi connectivity index (χ0n) is 12.1. The van der Waals surface area contributed by atoms with Crippen LogP contribution in [0.4, 0.5) is 0 Å². The van der Waals surface area contributed by atoms with E-state index in [0.717, 1.165) is 51.1 Å². The molecular formula is C15H25N3O. The molecule has 1 aliphatic rings. The number of nitrogens with zero attached hydrogens (tertiary/aromatic N) is 2. The molecule has 1 aromatic rings. The van der Waals surface area contributed by atoms with Crippen molar-refractivity contribution in [2.75, 3.05) is 13.1 Å². The van der Waals surface area contributed by atoms with Gasteiger partial charge in [-0.25, -0.2) is 4.98 Å². The van der Waals surface area contributed by atoms with E-state index < -0.39 is 0 Å². The fourth-order valence-corrected chi connectivity index (χ4v) is 2.99. The quantitative estimate of drug-likeness (QED) is 0.855. The van der Waals surface area contributed by atoms with Crippen LogP contribution in [-0.2, 0) is 17.8 Å². The van der Waals surface area contributed by atoms with Gasteiger partial charge in [0.25, 0.3) is 0 Å². The number of Topliss-reactive ketones (excluding diaryl/α,β-unsaturated/α-hetero) is 1. The molecule has 0 radical (unpaired) electrons. The van der Waals surface area contributed by atoms with Crippen molar-refractivity contribution in [3.63, 3.8) is 0 Å². The van der Waals surface area contributed by atoms with Crippen molar-refractivity contribution in [3.05, 3.63) is 18.2 Å². The van der Waals surface area contributed by atoms with Gasteiger partial charge in [0.2, 0.25) is 0 Å². The number of ketones is 1. The van der Waals surface area contributed by atoms with Crippen LogP contribution < -0.4 is 5.32 Å². The van der Waals surface area contributed by atoms with Crippen LogP contribution in [0.2, 0.25) is 0 Å². The summed E-state index contributed by atoms with van der Waals surface area (Å²) in [5.41, 5.74) is -0.165. The van der Waals surface area contributed by atoms with E-state index in [9.17, 15) is 4.79 Å². The maximum absolute atomic E-state index is 12.7. The molecule has 2 rings (SSSR count). The number of imidazole rings is 1. The van der Waals surface area contributed by atoms with E-state index in [0.29, 0.717) is 12.2 Å². The van der Waals surface area contributed by atoms with E-state index in [1.54, 1.807) is 6.20 Å². The third-order valence-electron chi connectivity index (χ3n) is 4.33. The maximum atomic E-state index is 12.7. The average molecular weight is 263 g/mol. The summed E-state index contributed by atoms with van der Waals surface area (Å²) in [6.45, 7) is 7.09. The van der Waals surface area contributed by atoms with E-state index >= 15 is 0 Å². The van der Waals surface area contributed by atoms with Crippen LogP contribution in [0.5, 0.6) is 0 Å². The Morgan fingerprint density at radius 1 is 1.53 bits per heavy atom. The monoisotopic (exact) mass is 263 g/mol. The highest BCUT2D eigenvalue weighted by Crippen LogP contribution is 2.32. The molecule has 4 nitrogen and oxygen atoms in total. The summed E-state index contributed by atoms with van der Waals surface area (Å²) in [5.74, 6) is 1.27. The molecule has 4 heteroatoms. The number of hydrogen-bond acceptors (Lipinski definition) is 3. The van der Waals surface area contributed by atoms with Gasteiger partial charge in [0.15, 0.2) is 0 Å². The highest BCUT2D eigenvalue weighted by atomic mass is 16.1. The minimum absolute atomic E-state index is 0.165. The third-order valence-corrected chi connectivity index (χ3v) is 4.33. The third kappa shape index (κ3) is 3.06. The molecule has 106 valence electrons. The van der Waals surface area contributed by atoms with Crippen molar-refractivity contribution in [1.82, 2.24) is 14.9 Å². The van der Waals surface area contributed by atoms with Crippen molar-refractivity contribution in [1.29, 1.82) is 0 Å². The Labute approximate surface area is 115 Å². The first-order valence-electron chi connectivity index (χ1n) is 7.46. The number of hydrogen-bond donors (Lipinski definition) is 1. The summed E-state index contributed by atoms with van der Waals surface area (Å²) in [6.07, 6.45) is 8.36. The molecule has 0 spiro atoms. The van der Waals surface area contributed by atoms with Gasteiger partial charge in [0.1, 0.15) is 11.6 Å². The highest BCUT2D eigenvalue weighted by molar-refractivity contribution is 5.86. The largest absolute Gasteiger partial charge is 0.335 e. The number of piperidine rings is 1. The normalized spacial score (nSPS) is 23.5. The van der Waals surface area contributed by atoms with E-state index in [1.807, 2.05) is 6.20 Å². The summed E-state index contributed by atoms with van der Waals surface area (Å²) in [6, 6.07) is 0. The number of carbonyl (C=O) groups is 1. The predicted octanol–water partition coefficient (Wildman–Crippen LogP) is 2.18. The first-order valence-corrected chi connectivity index (χ1v) is 7.46. The summed E-state index contributed by atoms with van der Waals surface area (Å²) in [5, 5.41) is 3.38. The fraction of sp³-hybridized carbons (Fsp3) is 0.733. The molecule has 1 aliphatic heterocycles. The summed E-state index contributed by atoms with van der Waals surface area (Å²) < 4.78 is 2.11. The predicted molar refractivity (Wildman–Crippen MR) is 76.1 cm³/mol. The molecule has 1 saturated heterocycles. The molecule has 1 unspecified atom stereocenters. The number of nitrogens with one attached hydrogen (secondary N) is 1. The topological polar surface area (TPSA) is 46.9 Å². The number of aryl methyl sites for hydroxylation is 1. The van der Waals surface area contributed by atoms with Crippen LogP contribution >= 0.6 is 0 Å². The zero-order chi connectivity index (χ0) is 13.7. The van der Waals surface area contributed by atoms with Crippen molar-refractivity contribution >= 4 is 5.78 Å². The molecule has 0 aliphatic carbocycles. The Balaban J connectivity index is 2.08. The summed E-state index contributed by atoms with van der Waals surface area (Å²) in [7, 11) is 0. The van der Waals surface area contributed by atoms with E-state index in [1.165, 1.54) is 0 Å². The second kappa shape index (κ2) is 6.33. The van der Waals surface area contributed by atoms with Gasteiger partial charge in [-0.15, -0.1) is 0 Å². The molecule has 0 bridgehead atoms. The Morgan fingerprint density at radius 3 is 3.00 bits per heavy atom. The molecule has 2 heterocycles. The van der Waals surface area contributed by atoms with Gasteiger partial charge < -0.3 is 9.88 Å². The zero-order valence-corrected chi connectivity index (χ0v) is 12.1. The number of carbonyl (C=O) groups excluding carboxylic acids is 1. The van der Waals surface area contributed by atoms with Gasteiger partial charge in [0, 0.05) is 30.9 Å². The van der Waals surface area contributed by atoms with Crippen LogP contribution in [0.3, 0.4) is 0 Å². The molecular weight excluding hydrogens is 238 g/mol. The standard InChI is InChI=1S/C15H25N3O/c1-3-9-18-10-8-17-14(18)11-13(19)15(4-2)6-5-7-16-12-15/h8,10,16H,3-7,9,11-12H2,1-2H3. The van der Waals surface area contributed by atoms with Gasteiger partial charge >= 0.3 is 0 Å². The molecule has 1 fully saturated rings. The smallest absolute Gasteiger partial charge is 0.147 e. The SMILES string of the molecule is CCCn1ccnc1CC(=O)C1(CC)CCCNC1. The lowest BCUT2D eigenvalue weighted by Gasteiger charge is -2.35. The van der Waals surface area contributed by atoms with Gasteiger partial charge in [-0.2, -0.15) is 0 Å². The van der Waals surface area contributed by atoms with Crippen LogP contribution in [0, 0.1) is 5.41 Å². The second-order valence-electron chi connectivity index (χ2n) is 5.55.